The summed E-state index contributed by atoms with van der Waals surface area (Å²) >= 11 is 0. The fraction of sp³-hybridized carbons (Fsp3) is 0.394. The van der Waals surface area contributed by atoms with Gasteiger partial charge < -0.3 is 10.4 Å². The number of hydrogen-bond acceptors (Lipinski definition) is 2. The van der Waals surface area contributed by atoms with Crippen LogP contribution in [0.25, 0.3) is 10.8 Å². The monoisotopic (exact) mass is 515 g/mol. The summed E-state index contributed by atoms with van der Waals surface area (Å²) in [5, 5.41) is 13.2. The average molecular weight is 516 g/mol. The number of carbonyl (C=O) groups is 2. The summed E-state index contributed by atoms with van der Waals surface area (Å²) in [5.41, 5.74) is 5.12. The van der Waals surface area contributed by atoms with Gasteiger partial charge in [-0.05, 0) is 67.5 Å². The van der Waals surface area contributed by atoms with Crippen molar-refractivity contribution in [3.63, 3.8) is 0 Å². The molecule has 0 bridgehead atoms. The van der Waals surface area contributed by atoms with Crippen LogP contribution < -0.4 is 5.32 Å². The second-order valence-electron chi connectivity index (χ2n) is 10.5. The number of allylic oxidation sites excluding steroid dienone is 7. The first-order chi connectivity index (χ1) is 18.4. The van der Waals surface area contributed by atoms with E-state index in [1.807, 2.05) is 36.4 Å². The van der Waals surface area contributed by atoms with Gasteiger partial charge in [0.2, 0.25) is 5.91 Å². The molecule has 0 fully saturated rings. The van der Waals surface area contributed by atoms with Crippen molar-refractivity contribution in [3.8, 4) is 0 Å². The van der Waals surface area contributed by atoms with E-state index in [4.69, 9.17) is 5.11 Å². The fourth-order valence-corrected chi connectivity index (χ4v) is 5.85. The zero-order valence-electron chi connectivity index (χ0n) is 22.4. The van der Waals surface area contributed by atoms with Crippen LogP contribution in [0.4, 0.5) is 4.39 Å². The van der Waals surface area contributed by atoms with E-state index >= 15 is 0 Å². The summed E-state index contributed by atoms with van der Waals surface area (Å²) in [6.07, 6.45) is 16.4. The van der Waals surface area contributed by atoms with E-state index in [0.717, 1.165) is 43.1 Å². The van der Waals surface area contributed by atoms with Crippen LogP contribution in [-0.2, 0) is 9.59 Å². The molecule has 0 spiro atoms. The summed E-state index contributed by atoms with van der Waals surface area (Å²) in [5.74, 6) is -1.28. The molecule has 5 heteroatoms. The lowest BCUT2D eigenvalue weighted by atomic mass is 9.71. The Kier molecular flexibility index (Phi) is 9.33. The van der Waals surface area contributed by atoms with Crippen molar-refractivity contribution in [3.05, 3.63) is 94.9 Å². The lowest BCUT2D eigenvalue weighted by Crippen LogP contribution is -2.32. The number of hydrogen-bond donors (Lipinski definition) is 2. The molecule has 2 aromatic rings. The van der Waals surface area contributed by atoms with Crippen LogP contribution in [0, 0.1) is 17.7 Å². The van der Waals surface area contributed by atoms with Gasteiger partial charge in [0.1, 0.15) is 5.82 Å². The van der Waals surface area contributed by atoms with Crippen molar-refractivity contribution in [1.29, 1.82) is 0 Å². The van der Waals surface area contributed by atoms with Crippen molar-refractivity contribution in [2.75, 3.05) is 6.54 Å². The van der Waals surface area contributed by atoms with Gasteiger partial charge >= 0.3 is 5.97 Å². The Morgan fingerprint density at radius 2 is 1.89 bits per heavy atom. The number of halogens is 1. The van der Waals surface area contributed by atoms with E-state index in [9.17, 15) is 14.0 Å². The molecular weight excluding hydrogens is 477 g/mol. The van der Waals surface area contributed by atoms with Gasteiger partial charge in [0.15, 0.2) is 0 Å². The molecule has 200 valence electrons. The minimum atomic E-state index is -0.925. The molecule has 1 amide bonds. The van der Waals surface area contributed by atoms with E-state index in [1.165, 1.54) is 16.7 Å². The molecule has 0 heterocycles. The predicted octanol–water partition coefficient (Wildman–Crippen LogP) is 7.63. The lowest BCUT2D eigenvalue weighted by molar-refractivity contribution is -0.137. The Morgan fingerprint density at radius 3 is 2.61 bits per heavy atom. The number of amides is 1. The Hall–Kier alpha value is -3.47. The van der Waals surface area contributed by atoms with Crippen molar-refractivity contribution >= 4 is 22.6 Å². The number of benzene rings is 2. The normalized spacial score (nSPS) is 19.1. The number of carbonyl (C=O) groups excluding carboxylic acids is 1. The minimum absolute atomic E-state index is 0.0851. The van der Waals surface area contributed by atoms with Gasteiger partial charge in [-0.1, -0.05) is 85.2 Å². The number of carboxylic acid groups (broad SMARTS) is 1. The standard InChI is InChI=1S/C33H38FNO3/c1-3-7-26(23-14-16-25(17-15-23)33(38)35-21-20-31(36)37)32(24-9-6-8-22(2)12-13-24)29-18-19-30(34)28-11-5-4-10-27(28)29/h4-5,10-16,18-19,25-26,32H,3,6-9,17,20-21H2,1-2H3,(H,35,38)(H,36,37). The van der Waals surface area contributed by atoms with Crippen molar-refractivity contribution < 1.29 is 19.1 Å². The molecule has 0 saturated heterocycles. The third kappa shape index (κ3) is 6.50. The van der Waals surface area contributed by atoms with Crippen molar-refractivity contribution in [2.24, 2.45) is 11.8 Å². The zero-order chi connectivity index (χ0) is 27.1. The van der Waals surface area contributed by atoms with Crippen molar-refractivity contribution in [1.82, 2.24) is 5.32 Å². The largest absolute Gasteiger partial charge is 0.481 e. The van der Waals surface area contributed by atoms with E-state index in [2.05, 4.69) is 43.5 Å². The van der Waals surface area contributed by atoms with Gasteiger partial charge in [-0.3, -0.25) is 9.59 Å². The SMILES string of the molecule is CCCC(C1=CCC(C(=O)NCCC(=O)O)C=C1)C(C1=CC=C(C)CCC1)c1ccc(F)c2ccccc12. The Balaban J connectivity index is 1.70. The molecule has 2 N–H and O–H groups in total. The Morgan fingerprint density at radius 1 is 1.11 bits per heavy atom. The van der Waals surface area contributed by atoms with E-state index < -0.39 is 5.97 Å². The smallest absolute Gasteiger partial charge is 0.305 e. The number of aliphatic carboxylic acids is 1. The highest BCUT2D eigenvalue weighted by atomic mass is 19.1. The van der Waals surface area contributed by atoms with Crippen LogP contribution in [0.15, 0.2) is 83.5 Å². The first kappa shape index (κ1) is 27.6. The Labute approximate surface area is 225 Å². The lowest BCUT2D eigenvalue weighted by Gasteiger charge is -2.33. The van der Waals surface area contributed by atoms with Crippen molar-refractivity contribution in [2.45, 2.75) is 64.7 Å². The predicted molar refractivity (Wildman–Crippen MR) is 151 cm³/mol. The van der Waals surface area contributed by atoms with E-state index in [0.29, 0.717) is 11.8 Å². The fourth-order valence-electron chi connectivity index (χ4n) is 5.85. The summed E-state index contributed by atoms with van der Waals surface area (Å²) in [6, 6.07) is 11.3. The molecule has 4 nitrogen and oxygen atoms in total. The Bertz CT molecular complexity index is 1300. The minimum Gasteiger partial charge on any atom is -0.481 e. The first-order valence-corrected chi connectivity index (χ1v) is 13.8. The molecule has 38 heavy (non-hydrogen) atoms. The molecule has 0 saturated carbocycles. The maximum Gasteiger partial charge on any atom is 0.305 e. The molecule has 3 atom stereocenters. The molecule has 0 aromatic heterocycles. The van der Waals surface area contributed by atoms with Crippen LogP contribution in [0.3, 0.4) is 0 Å². The van der Waals surface area contributed by atoms with Gasteiger partial charge in [0.05, 0.1) is 12.3 Å². The van der Waals surface area contributed by atoms with Crippen LogP contribution in [-0.4, -0.2) is 23.5 Å². The number of fused-ring (bicyclic) bond motifs is 1. The summed E-state index contributed by atoms with van der Waals surface area (Å²) < 4.78 is 14.8. The molecule has 4 rings (SSSR count). The summed E-state index contributed by atoms with van der Waals surface area (Å²) in [4.78, 5) is 23.4. The van der Waals surface area contributed by atoms with Gasteiger partial charge in [-0.2, -0.15) is 0 Å². The van der Waals surface area contributed by atoms with Crippen LogP contribution in [0.1, 0.15) is 70.3 Å². The van der Waals surface area contributed by atoms with E-state index in [-0.39, 0.29) is 42.4 Å². The zero-order valence-corrected chi connectivity index (χ0v) is 22.4. The quantitative estimate of drug-likeness (QED) is 0.342. The highest BCUT2D eigenvalue weighted by Gasteiger charge is 2.31. The maximum absolute atomic E-state index is 14.8. The number of rotatable bonds is 10. The number of nitrogens with one attached hydrogen (secondary N) is 1. The van der Waals surface area contributed by atoms with Gasteiger partial charge in [-0.15, -0.1) is 0 Å². The second kappa shape index (κ2) is 12.9. The van der Waals surface area contributed by atoms with Gasteiger partial charge in [0.25, 0.3) is 0 Å². The third-order valence-corrected chi connectivity index (χ3v) is 7.79. The number of carboxylic acids is 1. The highest BCUT2D eigenvalue weighted by Crippen LogP contribution is 2.45. The first-order valence-electron chi connectivity index (χ1n) is 13.8. The van der Waals surface area contributed by atoms with Crippen LogP contribution in [0.2, 0.25) is 0 Å². The van der Waals surface area contributed by atoms with Gasteiger partial charge in [0, 0.05) is 17.8 Å². The maximum atomic E-state index is 14.8. The molecule has 2 aromatic carbocycles. The molecule has 2 aliphatic rings. The molecule has 2 aliphatic carbocycles. The summed E-state index contributed by atoms with van der Waals surface area (Å²) in [6.45, 7) is 4.51. The molecule has 3 unspecified atom stereocenters. The van der Waals surface area contributed by atoms with E-state index in [1.54, 1.807) is 6.07 Å². The average Bonchev–Trinajstić information content (AvgIpc) is 3.13. The van der Waals surface area contributed by atoms with Crippen LogP contribution in [0.5, 0.6) is 0 Å². The molecule has 0 aliphatic heterocycles. The molecular formula is C33H38FNO3. The molecule has 0 radical (unpaired) electrons. The summed E-state index contributed by atoms with van der Waals surface area (Å²) in [7, 11) is 0. The van der Waals surface area contributed by atoms with Gasteiger partial charge in [-0.25, -0.2) is 4.39 Å². The second-order valence-corrected chi connectivity index (χ2v) is 10.5. The highest BCUT2D eigenvalue weighted by molar-refractivity contribution is 5.87. The van der Waals surface area contributed by atoms with Crippen LogP contribution >= 0.6 is 0 Å². The topological polar surface area (TPSA) is 66.4 Å². The third-order valence-electron chi connectivity index (χ3n) is 7.79.